The molecule has 0 aromatic heterocycles. The smallest absolute Gasteiger partial charge is 0.238 e. The highest BCUT2D eigenvalue weighted by Crippen LogP contribution is 2.21. The molecule has 2 aromatic rings. The van der Waals surface area contributed by atoms with E-state index in [-0.39, 0.29) is 5.91 Å². The number of amides is 1. The van der Waals surface area contributed by atoms with E-state index < -0.39 is 0 Å². The normalized spacial score (nSPS) is 15.2. The van der Waals surface area contributed by atoms with Crippen molar-refractivity contribution in [3.8, 4) is 0 Å². The van der Waals surface area contributed by atoms with Crippen LogP contribution in [0.1, 0.15) is 12.5 Å². The largest absolute Gasteiger partial charge is 0.369 e. The zero-order chi connectivity index (χ0) is 17.6. The first kappa shape index (κ1) is 17.8. The minimum Gasteiger partial charge on any atom is -0.369 e. The molecule has 1 heterocycles. The second-order valence-electron chi connectivity index (χ2n) is 6.30. The minimum absolute atomic E-state index is 0.0529. The molecule has 1 aliphatic rings. The van der Waals surface area contributed by atoms with Crippen molar-refractivity contribution in [2.45, 2.75) is 13.3 Å². The summed E-state index contributed by atoms with van der Waals surface area (Å²) < 4.78 is 0. The summed E-state index contributed by atoms with van der Waals surface area (Å²) in [5.74, 6) is 0.0529. The van der Waals surface area contributed by atoms with Gasteiger partial charge in [0.05, 0.1) is 6.54 Å². The number of hydrogen-bond donors (Lipinski definition) is 1. The van der Waals surface area contributed by atoms with Crippen LogP contribution in [-0.2, 0) is 11.2 Å². The van der Waals surface area contributed by atoms with Crippen LogP contribution in [0, 0.1) is 0 Å². The maximum atomic E-state index is 12.4. The van der Waals surface area contributed by atoms with Crippen LogP contribution in [0.4, 0.5) is 11.4 Å². The minimum atomic E-state index is 0.0529. The lowest BCUT2D eigenvalue weighted by molar-refractivity contribution is -0.117. The van der Waals surface area contributed by atoms with Gasteiger partial charge < -0.3 is 10.2 Å². The number of para-hydroxylation sites is 1. The van der Waals surface area contributed by atoms with Gasteiger partial charge in [0, 0.05) is 42.6 Å². The number of aryl methyl sites for hydroxylation is 1. The lowest BCUT2D eigenvalue weighted by atomic mass is 10.1. The summed E-state index contributed by atoms with van der Waals surface area (Å²) in [5.41, 5.74) is 3.24. The highest BCUT2D eigenvalue weighted by molar-refractivity contribution is 6.30. The monoisotopic (exact) mass is 357 g/mol. The van der Waals surface area contributed by atoms with Gasteiger partial charge in [-0.3, -0.25) is 9.69 Å². The topological polar surface area (TPSA) is 35.6 Å². The van der Waals surface area contributed by atoms with E-state index in [9.17, 15) is 4.79 Å². The van der Waals surface area contributed by atoms with Crippen molar-refractivity contribution in [3.63, 3.8) is 0 Å². The molecule has 25 heavy (non-hydrogen) atoms. The molecule has 4 nitrogen and oxygen atoms in total. The summed E-state index contributed by atoms with van der Waals surface area (Å²) in [6.45, 7) is 6.07. The number of carbonyl (C=O) groups is 1. The predicted octanol–water partition coefficient (Wildman–Crippen LogP) is 3.66. The molecule has 2 aromatic carbocycles. The molecular weight excluding hydrogens is 334 g/mol. The highest BCUT2D eigenvalue weighted by atomic mass is 35.5. The summed E-state index contributed by atoms with van der Waals surface area (Å²) in [6, 6.07) is 15.9. The molecule has 0 saturated carbocycles. The van der Waals surface area contributed by atoms with Crippen molar-refractivity contribution < 1.29 is 4.79 Å². The number of benzene rings is 2. The highest BCUT2D eigenvalue weighted by Gasteiger charge is 2.19. The fourth-order valence-electron chi connectivity index (χ4n) is 3.18. The van der Waals surface area contributed by atoms with Gasteiger partial charge >= 0.3 is 0 Å². The van der Waals surface area contributed by atoms with Gasteiger partial charge in [-0.15, -0.1) is 0 Å². The second-order valence-corrected chi connectivity index (χ2v) is 6.74. The molecule has 1 amide bonds. The molecule has 0 aliphatic carbocycles. The Balaban J connectivity index is 1.51. The van der Waals surface area contributed by atoms with Crippen molar-refractivity contribution in [1.29, 1.82) is 0 Å². The summed E-state index contributed by atoms with van der Waals surface area (Å²) in [5, 5.41) is 3.81. The first-order valence-electron chi connectivity index (χ1n) is 8.76. The third-order valence-electron chi connectivity index (χ3n) is 4.59. The fraction of sp³-hybridized carbons (Fsp3) is 0.350. The van der Waals surface area contributed by atoms with Gasteiger partial charge in [0.2, 0.25) is 5.91 Å². The Bertz CT molecular complexity index is 726. The SMILES string of the molecule is CCc1ccccc1NC(=O)CN1CCN(c2cccc(Cl)c2)CC1. The van der Waals surface area contributed by atoms with Gasteiger partial charge in [-0.2, -0.15) is 0 Å². The molecule has 0 spiro atoms. The van der Waals surface area contributed by atoms with E-state index >= 15 is 0 Å². The fourth-order valence-corrected chi connectivity index (χ4v) is 3.36. The number of anilines is 2. The van der Waals surface area contributed by atoms with Gasteiger partial charge in [-0.05, 0) is 36.2 Å². The summed E-state index contributed by atoms with van der Waals surface area (Å²) in [4.78, 5) is 16.9. The number of rotatable bonds is 5. The molecule has 5 heteroatoms. The van der Waals surface area contributed by atoms with E-state index in [4.69, 9.17) is 11.6 Å². The Kier molecular flexibility index (Phi) is 5.95. The van der Waals surface area contributed by atoms with E-state index in [1.165, 1.54) is 5.56 Å². The molecule has 1 saturated heterocycles. The van der Waals surface area contributed by atoms with Crippen molar-refractivity contribution in [3.05, 3.63) is 59.1 Å². The number of piperazine rings is 1. The second kappa shape index (κ2) is 8.37. The lowest BCUT2D eigenvalue weighted by Gasteiger charge is -2.35. The van der Waals surface area contributed by atoms with Crippen LogP contribution in [0.3, 0.4) is 0 Å². The molecule has 0 radical (unpaired) electrons. The number of nitrogens with zero attached hydrogens (tertiary/aromatic N) is 2. The van der Waals surface area contributed by atoms with Crippen LogP contribution in [-0.4, -0.2) is 43.5 Å². The third-order valence-corrected chi connectivity index (χ3v) is 4.82. The lowest BCUT2D eigenvalue weighted by Crippen LogP contribution is -2.48. The Morgan fingerprint density at radius 2 is 1.84 bits per heavy atom. The Labute approximate surface area is 154 Å². The van der Waals surface area contributed by atoms with Crippen molar-refractivity contribution >= 4 is 28.9 Å². The standard InChI is InChI=1S/C20H24ClN3O/c1-2-16-6-3-4-9-19(16)22-20(25)15-23-10-12-24(13-11-23)18-8-5-7-17(21)14-18/h3-9,14H,2,10-13,15H2,1H3,(H,22,25). The predicted molar refractivity (Wildman–Crippen MR) is 105 cm³/mol. The van der Waals surface area contributed by atoms with E-state index in [1.54, 1.807) is 0 Å². The van der Waals surface area contributed by atoms with Crippen LogP contribution < -0.4 is 10.2 Å². The van der Waals surface area contributed by atoms with Crippen molar-refractivity contribution in [1.82, 2.24) is 4.90 Å². The molecule has 3 rings (SSSR count). The number of halogens is 1. The molecule has 1 N–H and O–H groups in total. The molecular formula is C20H24ClN3O. The number of nitrogens with one attached hydrogen (secondary N) is 1. The van der Waals surface area contributed by atoms with Gasteiger partial charge in [0.25, 0.3) is 0 Å². The van der Waals surface area contributed by atoms with Crippen molar-refractivity contribution in [2.75, 3.05) is 42.9 Å². The van der Waals surface area contributed by atoms with Crippen LogP contribution in [0.2, 0.25) is 5.02 Å². The van der Waals surface area contributed by atoms with Gasteiger partial charge in [0.15, 0.2) is 0 Å². The molecule has 0 unspecified atom stereocenters. The van der Waals surface area contributed by atoms with Crippen LogP contribution in [0.5, 0.6) is 0 Å². The quantitative estimate of drug-likeness (QED) is 0.887. The van der Waals surface area contributed by atoms with E-state index in [0.717, 1.165) is 49.0 Å². The van der Waals surface area contributed by atoms with Gasteiger partial charge in [-0.1, -0.05) is 42.8 Å². The maximum Gasteiger partial charge on any atom is 0.238 e. The first-order chi connectivity index (χ1) is 12.2. The summed E-state index contributed by atoms with van der Waals surface area (Å²) in [7, 11) is 0. The average molecular weight is 358 g/mol. The Hall–Kier alpha value is -2.04. The third kappa shape index (κ3) is 4.74. The molecule has 1 aliphatic heterocycles. The van der Waals surface area contributed by atoms with Crippen LogP contribution >= 0.6 is 11.6 Å². The van der Waals surface area contributed by atoms with Gasteiger partial charge in [-0.25, -0.2) is 0 Å². The summed E-state index contributed by atoms with van der Waals surface area (Å²) in [6.07, 6.45) is 0.911. The molecule has 0 atom stereocenters. The van der Waals surface area contributed by atoms with E-state index in [1.807, 2.05) is 36.4 Å². The number of hydrogen-bond acceptors (Lipinski definition) is 3. The van der Waals surface area contributed by atoms with E-state index in [0.29, 0.717) is 6.54 Å². The first-order valence-corrected chi connectivity index (χ1v) is 9.14. The van der Waals surface area contributed by atoms with E-state index in [2.05, 4.69) is 34.2 Å². The van der Waals surface area contributed by atoms with Crippen LogP contribution in [0.15, 0.2) is 48.5 Å². The Morgan fingerprint density at radius 3 is 2.56 bits per heavy atom. The summed E-state index contributed by atoms with van der Waals surface area (Å²) >= 11 is 6.07. The van der Waals surface area contributed by atoms with Crippen molar-refractivity contribution in [2.24, 2.45) is 0 Å². The zero-order valence-electron chi connectivity index (χ0n) is 14.5. The number of carbonyl (C=O) groups excluding carboxylic acids is 1. The zero-order valence-corrected chi connectivity index (χ0v) is 15.3. The molecule has 1 fully saturated rings. The maximum absolute atomic E-state index is 12.4. The average Bonchev–Trinajstić information content (AvgIpc) is 2.63. The van der Waals surface area contributed by atoms with Gasteiger partial charge in [0.1, 0.15) is 0 Å². The molecule has 132 valence electrons. The molecule has 0 bridgehead atoms. The van der Waals surface area contributed by atoms with Crippen LogP contribution in [0.25, 0.3) is 0 Å². The Morgan fingerprint density at radius 1 is 1.08 bits per heavy atom.